The van der Waals surface area contributed by atoms with Gasteiger partial charge in [-0.2, -0.15) is 0 Å². The number of hydrogen-bond donors (Lipinski definition) is 0. The molecule has 0 atom stereocenters. The van der Waals surface area contributed by atoms with Gasteiger partial charge in [-0.1, -0.05) is 0 Å². The maximum absolute atomic E-state index is 6.35. The molecule has 3 nitrogen and oxygen atoms in total. The number of methoxy groups -OCH3 is 1. The summed E-state index contributed by atoms with van der Waals surface area (Å²) in [6.07, 6.45) is 9.83. The molecule has 4 rings (SSSR count). The van der Waals surface area contributed by atoms with Crippen molar-refractivity contribution in [2.24, 2.45) is 0 Å². The Hall–Kier alpha value is -2.01. The first kappa shape index (κ1) is 32.9. The van der Waals surface area contributed by atoms with Crippen molar-refractivity contribution in [2.45, 2.75) is 52.7 Å². The van der Waals surface area contributed by atoms with Crippen LogP contribution in [0.2, 0.25) is 14.4 Å². The van der Waals surface area contributed by atoms with Crippen molar-refractivity contribution in [1.29, 1.82) is 0 Å². The Morgan fingerprint density at radius 2 is 1.26 bits per heavy atom. The van der Waals surface area contributed by atoms with Crippen LogP contribution in [0, 0.1) is 38.0 Å². The number of aryl methyl sites for hydroxylation is 1. The molecule has 0 saturated heterocycles. The van der Waals surface area contributed by atoms with Crippen molar-refractivity contribution in [2.75, 3.05) is 45.1 Å². The van der Waals surface area contributed by atoms with Crippen LogP contribution in [-0.4, -0.2) is 43.4 Å². The van der Waals surface area contributed by atoms with Gasteiger partial charge in [0.2, 0.25) is 0 Å². The molecule has 0 bridgehead atoms. The second kappa shape index (κ2) is 12.9. The molecule has 3 aromatic carbocycles. The van der Waals surface area contributed by atoms with Crippen LogP contribution in [0.1, 0.15) is 43.0 Å². The van der Waals surface area contributed by atoms with Gasteiger partial charge in [-0.15, -0.1) is 0 Å². The average molecular weight is 743 g/mol. The van der Waals surface area contributed by atoms with Crippen molar-refractivity contribution >= 4 is 24.6 Å². The number of rotatable bonds is 10. The third-order valence-electron chi connectivity index (χ3n) is 8.22. The zero-order valence-corrected chi connectivity index (χ0v) is 30.2. The fourth-order valence-corrected chi connectivity index (χ4v) is 19.6. The molecule has 0 aliphatic heterocycles. The van der Waals surface area contributed by atoms with Crippen molar-refractivity contribution < 1.29 is 35.9 Å². The minimum atomic E-state index is -2.24. The van der Waals surface area contributed by atoms with Crippen LogP contribution in [0.15, 0.2) is 85.0 Å². The van der Waals surface area contributed by atoms with E-state index in [1.165, 1.54) is 38.8 Å². The van der Waals surface area contributed by atoms with E-state index in [1.807, 2.05) is 7.11 Å². The number of allylic oxidation sites excluding steroid dienone is 4. The molecule has 5 heteroatoms. The zero-order chi connectivity index (χ0) is 30.9. The molecule has 0 N–H and O–H groups in total. The molecule has 0 spiro atoms. The molecule has 0 fully saturated rings. The van der Waals surface area contributed by atoms with Crippen molar-refractivity contribution in [1.82, 2.24) is 0 Å². The SMILES string of the molecule is COc1c(C(C)(C)C)cc(C)cc1[Si](C)(C)[C]1([Lu]([CH2]c2ccccc2N(C)C)[CH2]c2ccccc2N(C)C)C=CC=C1. The first-order valence-electron chi connectivity index (χ1n) is 14.7. The number of benzene rings is 3. The van der Waals surface area contributed by atoms with Crippen LogP contribution >= 0.6 is 0 Å². The third kappa shape index (κ3) is 6.42. The van der Waals surface area contributed by atoms with Gasteiger partial charge in [0.15, 0.2) is 0 Å². The average Bonchev–Trinajstić information content (AvgIpc) is 3.44. The molecule has 0 heterocycles. The summed E-state index contributed by atoms with van der Waals surface area (Å²) >= 11 is -1.24. The van der Waals surface area contributed by atoms with Crippen LogP contribution in [0.3, 0.4) is 0 Å². The number of nitrogens with zero attached hydrogens (tertiary/aromatic N) is 2. The van der Waals surface area contributed by atoms with E-state index in [9.17, 15) is 0 Å². The summed E-state index contributed by atoms with van der Waals surface area (Å²) in [4.78, 5) is 4.55. The van der Waals surface area contributed by atoms with E-state index >= 15 is 0 Å². The number of hydrogen-bond acceptors (Lipinski definition) is 3. The predicted molar refractivity (Wildman–Crippen MR) is 183 cm³/mol. The van der Waals surface area contributed by atoms with E-state index in [2.05, 4.69) is 164 Å². The third-order valence-corrected chi connectivity index (χ3v) is 21.7. The Labute approximate surface area is 269 Å². The summed E-state index contributed by atoms with van der Waals surface area (Å²) in [7, 11) is 8.31. The molecular weight excluding hydrogens is 691 g/mol. The number of ether oxygens (including phenoxy) is 1. The van der Waals surface area contributed by atoms with Crippen molar-refractivity contribution in [3.05, 3.63) is 107 Å². The zero-order valence-electron chi connectivity index (χ0n) is 27.6. The normalized spacial score (nSPS) is 14.7. The molecule has 1 aliphatic carbocycles. The maximum atomic E-state index is 6.35. The summed E-state index contributed by atoms with van der Waals surface area (Å²) < 4.78 is 8.55. The molecule has 0 saturated carbocycles. The second-order valence-corrected chi connectivity index (χ2v) is 23.1. The summed E-state index contributed by atoms with van der Waals surface area (Å²) in [5, 5.41) is 1.44. The minimum absolute atomic E-state index is 0.00206. The van der Waals surface area contributed by atoms with E-state index in [0.29, 0.717) is 0 Å². The summed E-state index contributed by atoms with van der Waals surface area (Å²) in [6, 6.07) is 22.8. The van der Waals surface area contributed by atoms with Crippen LogP contribution in [0.25, 0.3) is 0 Å². The van der Waals surface area contributed by atoms with E-state index < -0.39 is 39.2 Å². The molecule has 42 heavy (non-hydrogen) atoms. The molecule has 0 unspecified atom stereocenters. The van der Waals surface area contributed by atoms with Gasteiger partial charge in [-0.25, -0.2) is 0 Å². The van der Waals surface area contributed by atoms with Crippen LogP contribution < -0.4 is 19.7 Å². The Balaban J connectivity index is 1.97. The van der Waals surface area contributed by atoms with Crippen LogP contribution in [0.5, 0.6) is 5.75 Å². The van der Waals surface area contributed by atoms with Gasteiger partial charge in [0.25, 0.3) is 0 Å². The fourth-order valence-electron chi connectivity index (χ4n) is 5.86. The van der Waals surface area contributed by atoms with Gasteiger partial charge >= 0.3 is 271 Å². The molecule has 3 aromatic rings. The van der Waals surface area contributed by atoms with Crippen molar-refractivity contribution in [3.8, 4) is 5.75 Å². The quantitative estimate of drug-likeness (QED) is 0.195. The van der Waals surface area contributed by atoms with E-state index in [0.717, 1.165) is 11.0 Å². The molecule has 0 aromatic heterocycles. The van der Waals surface area contributed by atoms with E-state index in [1.54, 1.807) is 0 Å². The Morgan fingerprint density at radius 1 is 0.786 bits per heavy atom. The van der Waals surface area contributed by atoms with Gasteiger partial charge in [0.1, 0.15) is 0 Å². The van der Waals surface area contributed by atoms with Gasteiger partial charge in [-0.3, -0.25) is 0 Å². The molecule has 0 amide bonds. The van der Waals surface area contributed by atoms with Crippen molar-refractivity contribution in [3.63, 3.8) is 0 Å². The number of para-hydroxylation sites is 2. The first-order valence-corrected chi connectivity index (χ1v) is 20.9. The fraction of sp³-hybridized carbons (Fsp3) is 0.405. The molecule has 1 aliphatic rings. The van der Waals surface area contributed by atoms with E-state index in [-0.39, 0.29) is 6.67 Å². The molecule has 0 radical (unpaired) electrons. The van der Waals surface area contributed by atoms with Crippen LogP contribution in [0.4, 0.5) is 11.4 Å². The number of anilines is 2. The van der Waals surface area contributed by atoms with Gasteiger partial charge < -0.3 is 0 Å². The van der Waals surface area contributed by atoms with Gasteiger partial charge in [0.05, 0.1) is 0 Å². The Morgan fingerprint density at radius 3 is 1.69 bits per heavy atom. The van der Waals surface area contributed by atoms with Crippen LogP contribution in [-0.2, 0) is 10.7 Å². The van der Waals surface area contributed by atoms with Gasteiger partial charge in [-0.05, 0) is 0 Å². The summed E-state index contributed by atoms with van der Waals surface area (Å²) in [6.45, 7) is 14.4. The predicted octanol–water partition coefficient (Wildman–Crippen LogP) is 8.19. The Kier molecular flexibility index (Phi) is 10.1. The monoisotopic (exact) mass is 742 g/mol. The standard InChI is InChI=1S/C19H27OSi.2C9H12N.Lu/c1-14-12-16(19(2,3)4)18(20-5)17(13-14)21(6,7)15-10-8-9-11-15;2*1-8-6-4-5-7-9(8)10(2)3;/h8-13H,1-7H3;2*4-7H,1H2,2-3H3;. The van der Waals surface area contributed by atoms with Gasteiger partial charge in [0, 0.05) is 0 Å². The molecule has 234 valence electrons. The first-order chi connectivity index (χ1) is 19.7. The van der Waals surface area contributed by atoms with E-state index in [4.69, 9.17) is 4.74 Å². The summed E-state index contributed by atoms with van der Waals surface area (Å²) in [5.41, 5.74) is 8.18. The topological polar surface area (TPSA) is 15.7 Å². The Bertz CT molecular complexity index is 1400. The molecular formula is C37H51LuN2OSi. The second-order valence-electron chi connectivity index (χ2n) is 13.2. The summed E-state index contributed by atoms with van der Waals surface area (Å²) in [5.74, 6) is 1.10.